The predicted octanol–water partition coefficient (Wildman–Crippen LogP) is 2.42. The first-order valence-electron chi connectivity index (χ1n) is 6.11. The van der Waals surface area contributed by atoms with E-state index in [1.54, 1.807) is 0 Å². The lowest BCUT2D eigenvalue weighted by atomic mass is 10.0. The van der Waals surface area contributed by atoms with E-state index in [0.717, 1.165) is 30.6 Å². The number of fused-ring (bicyclic) bond motifs is 1. The normalized spacial score (nSPS) is 40.1. The first-order chi connectivity index (χ1) is 7.35. The van der Waals surface area contributed by atoms with Crippen LogP contribution in [0.3, 0.4) is 0 Å². The van der Waals surface area contributed by atoms with Crippen molar-refractivity contribution in [2.45, 2.75) is 31.7 Å². The van der Waals surface area contributed by atoms with Crippen molar-refractivity contribution in [3.05, 3.63) is 10.4 Å². The van der Waals surface area contributed by atoms with E-state index in [9.17, 15) is 0 Å². The fourth-order valence-corrected chi connectivity index (χ4v) is 3.35. The number of hydrogen-bond acceptors (Lipinski definition) is 2. The summed E-state index contributed by atoms with van der Waals surface area (Å²) in [6.45, 7) is 3.86. The first kappa shape index (κ1) is 9.49. The van der Waals surface area contributed by atoms with E-state index in [4.69, 9.17) is 5.53 Å². The van der Waals surface area contributed by atoms with Gasteiger partial charge in [-0.3, -0.25) is 0 Å². The summed E-state index contributed by atoms with van der Waals surface area (Å²) in [5.74, 6) is 2.65. The Bertz CT molecular complexity index is 279. The minimum absolute atomic E-state index is 0.299. The van der Waals surface area contributed by atoms with Gasteiger partial charge in [0.2, 0.25) is 0 Å². The molecule has 4 nitrogen and oxygen atoms in total. The van der Waals surface area contributed by atoms with Crippen LogP contribution in [-0.4, -0.2) is 30.6 Å². The summed E-state index contributed by atoms with van der Waals surface area (Å²) in [4.78, 5) is 5.57. The molecule has 0 N–H and O–H groups in total. The summed E-state index contributed by atoms with van der Waals surface area (Å²) in [6.07, 6.45) is 5.17. The fraction of sp³-hybridized carbons (Fsp3) is 1.00. The molecule has 0 amide bonds. The maximum Gasteiger partial charge on any atom is 0.0380 e. The molecule has 0 bridgehead atoms. The Kier molecular flexibility index (Phi) is 2.33. The van der Waals surface area contributed by atoms with Crippen LogP contribution in [-0.2, 0) is 0 Å². The summed E-state index contributed by atoms with van der Waals surface area (Å²) >= 11 is 0. The molecule has 0 aromatic heterocycles. The molecule has 3 atom stereocenters. The van der Waals surface area contributed by atoms with Gasteiger partial charge in [0.1, 0.15) is 0 Å². The maximum absolute atomic E-state index is 8.42. The molecule has 3 aliphatic rings. The molecule has 1 heterocycles. The Labute approximate surface area is 90.3 Å². The standard InChI is InChI=1S/C11H18N4/c12-14-13-11-3-9-6-15(5-8-1-2-8)7-10(9)4-11/h8-11H,1-7H2/t9-,10+,11+. The van der Waals surface area contributed by atoms with E-state index in [1.165, 1.54) is 32.5 Å². The Morgan fingerprint density at radius 3 is 2.40 bits per heavy atom. The molecule has 82 valence electrons. The highest BCUT2D eigenvalue weighted by molar-refractivity contribution is 4.96. The van der Waals surface area contributed by atoms with Crippen molar-refractivity contribution in [1.82, 2.24) is 4.90 Å². The molecule has 1 saturated heterocycles. The van der Waals surface area contributed by atoms with Crippen molar-refractivity contribution < 1.29 is 0 Å². The van der Waals surface area contributed by atoms with Gasteiger partial charge in [0, 0.05) is 30.6 Å². The van der Waals surface area contributed by atoms with Crippen LogP contribution < -0.4 is 0 Å². The zero-order chi connectivity index (χ0) is 10.3. The van der Waals surface area contributed by atoms with Gasteiger partial charge in [-0.15, -0.1) is 0 Å². The van der Waals surface area contributed by atoms with E-state index in [2.05, 4.69) is 14.9 Å². The van der Waals surface area contributed by atoms with Crippen LogP contribution in [0.2, 0.25) is 0 Å². The molecular formula is C11H18N4. The van der Waals surface area contributed by atoms with E-state index in [0.29, 0.717) is 6.04 Å². The molecule has 0 unspecified atom stereocenters. The smallest absolute Gasteiger partial charge is 0.0380 e. The van der Waals surface area contributed by atoms with Gasteiger partial charge < -0.3 is 4.90 Å². The van der Waals surface area contributed by atoms with E-state index < -0.39 is 0 Å². The quantitative estimate of drug-likeness (QED) is 0.397. The second-order valence-electron chi connectivity index (χ2n) is 5.51. The fourth-order valence-electron chi connectivity index (χ4n) is 3.35. The van der Waals surface area contributed by atoms with Crippen LogP contribution in [0, 0.1) is 17.8 Å². The topological polar surface area (TPSA) is 52.0 Å². The Balaban J connectivity index is 1.53. The number of azide groups is 1. The molecular weight excluding hydrogens is 188 g/mol. The van der Waals surface area contributed by atoms with E-state index in [-0.39, 0.29) is 0 Å². The maximum atomic E-state index is 8.42. The Morgan fingerprint density at radius 1 is 1.20 bits per heavy atom. The summed E-state index contributed by atoms with van der Waals surface area (Å²) < 4.78 is 0. The molecule has 0 radical (unpaired) electrons. The zero-order valence-corrected chi connectivity index (χ0v) is 9.05. The Hall–Kier alpha value is -0.730. The third-order valence-corrected chi connectivity index (χ3v) is 4.23. The van der Waals surface area contributed by atoms with Gasteiger partial charge in [-0.05, 0) is 49.0 Å². The molecule has 3 fully saturated rings. The largest absolute Gasteiger partial charge is 0.302 e. The molecule has 2 aliphatic carbocycles. The van der Waals surface area contributed by atoms with E-state index >= 15 is 0 Å². The van der Waals surface area contributed by atoms with Crippen molar-refractivity contribution in [2.24, 2.45) is 22.9 Å². The van der Waals surface area contributed by atoms with Gasteiger partial charge in [-0.2, -0.15) is 0 Å². The lowest BCUT2D eigenvalue weighted by Crippen LogP contribution is -2.25. The second kappa shape index (κ2) is 3.69. The van der Waals surface area contributed by atoms with Crippen molar-refractivity contribution in [3.63, 3.8) is 0 Å². The predicted molar refractivity (Wildman–Crippen MR) is 58.3 cm³/mol. The van der Waals surface area contributed by atoms with Crippen LogP contribution in [0.4, 0.5) is 0 Å². The van der Waals surface area contributed by atoms with Crippen molar-refractivity contribution in [3.8, 4) is 0 Å². The summed E-state index contributed by atoms with van der Waals surface area (Å²) in [7, 11) is 0. The van der Waals surface area contributed by atoms with Gasteiger partial charge in [-0.1, -0.05) is 5.11 Å². The van der Waals surface area contributed by atoms with Crippen LogP contribution in [0.5, 0.6) is 0 Å². The monoisotopic (exact) mass is 206 g/mol. The molecule has 2 saturated carbocycles. The molecule has 1 aliphatic heterocycles. The molecule has 0 aromatic rings. The van der Waals surface area contributed by atoms with Gasteiger partial charge in [-0.25, -0.2) is 0 Å². The number of likely N-dealkylation sites (tertiary alicyclic amines) is 1. The molecule has 0 aromatic carbocycles. The van der Waals surface area contributed by atoms with Crippen LogP contribution in [0.1, 0.15) is 25.7 Å². The summed E-state index contributed by atoms with van der Waals surface area (Å²) in [5.41, 5.74) is 8.42. The van der Waals surface area contributed by atoms with Crippen LogP contribution in [0.25, 0.3) is 10.4 Å². The van der Waals surface area contributed by atoms with Crippen molar-refractivity contribution >= 4 is 0 Å². The lowest BCUT2D eigenvalue weighted by Gasteiger charge is -2.16. The highest BCUT2D eigenvalue weighted by Gasteiger charge is 2.41. The number of rotatable bonds is 3. The van der Waals surface area contributed by atoms with Gasteiger partial charge >= 0.3 is 0 Å². The summed E-state index contributed by atoms with van der Waals surface area (Å²) in [6, 6.07) is 0.299. The van der Waals surface area contributed by atoms with Crippen molar-refractivity contribution in [2.75, 3.05) is 19.6 Å². The van der Waals surface area contributed by atoms with Gasteiger partial charge in [0.05, 0.1) is 0 Å². The second-order valence-corrected chi connectivity index (χ2v) is 5.51. The lowest BCUT2D eigenvalue weighted by molar-refractivity contribution is 0.295. The summed E-state index contributed by atoms with van der Waals surface area (Å²) in [5, 5.41) is 3.87. The molecule has 15 heavy (non-hydrogen) atoms. The molecule has 0 spiro atoms. The minimum Gasteiger partial charge on any atom is -0.302 e. The minimum atomic E-state index is 0.299. The van der Waals surface area contributed by atoms with Crippen molar-refractivity contribution in [1.29, 1.82) is 0 Å². The first-order valence-corrected chi connectivity index (χ1v) is 6.11. The van der Waals surface area contributed by atoms with Gasteiger partial charge in [0.15, 0.2) is 0 Å². The Morgan fingerprint density at radius 2 is 1.87 bits per heavy atom. The highest BCUT2D eigenvalue weighted by atomic mass is 15.2. The zero-order valence-electron chi connectivity index (χ0n) is 9.05. The highest BCUT2D eigenvalue weighted by Crippen LogP contribution is 2.41. The molecule has 4 heteroatoms. The number of nitrogens with zero attached hydrogens (tertiary/aromatic N) is 4. The van der Waals surface area contributed by atoms with Gasteiger partial charge in [0.25, 0.3) is 0 Å². The third-order valence-electron chi connectivity index (χ3n) is 4.23. The molecule has 3 rings (SSSR count). The number of hydrogen-bond donors (Lipinski definition) is 0. The average molecular weight is 206 g/mol. The SMILES string of the molecule is [N-]=[N+]=N[C@H]1C[C@@H]2CN(CC3CC3)C[C@@H]2C1. The third kappa shape index (κ3) is 1.97. The van der Waals surface area contributed by atoms with E-state index in [1.807, 2.05) is 0 Å². The van der Waals surface area contributed by atoms with Crippen LogP contribution in [0.15, 0.2) is 5.11 Å². The van der Waals surface area contributed by atoms with Crippen LogP contribution >= 0.6 is 0 Å². The average Bonchev–Trinajstić information content (AvgIpc) is 2.79.